The van der Waals surface area contributed by atoms with Crippen LogP contribution in [-0.2, 0) is 27.7 Å². The molecular weight excluding hydrogens is 426 g/mol. The Morgan fingerprint density at radius 1 is 0.960 bits per heavy atom. The van der Waals surface area contributed by atoms with Gasteiger partial charge >= 0.3 is 147 Å². The van der Waals surface area contributed by atoms with Gasteiger partial charge in [-0.05, 0) is 0 Å². The fourth-order valence-corrected chi connectivity index (χ4v) is 10.3. The predicted octanol–water partition coefficient (Wildman–Crippen LogP) is -1.19. The molecule has 3 heteroatoms. The molecule has 1 unspecified atom stereocenters. The molecule has 2 aliphatic carbocycles. The van der Waals surface area contributed by atoms with Crippen LogP contribution in [0.15, 0.2) is 63.0 Å². The summed E-state index contributed by atoms with van der Waals surface area (Å²) in [6.45, 7) is 6.90. The van der Waals surface area contributed by atoms with Gasteiger partial charge in [0.15, 0.2) is 0 Å². The summed E-state index contributed by atoms with van der Waals surface area (Å²) in [6, 6.07) is 15.8. The Bertz CT molecular complexity index is 906. The quantitative estimate of drug-likeness (QED) is 0.463. The Labute approximate surface area is 171 Å². The van der Waals surface area contributed by atoms with E-state index in [1.165, 1.54) is 27.8 Å². The number of hydrogen-bond acceptors (Lipinski definition) is 0. The van der Waals surface area contributed by atoms with Crippen LogP contribution in [0.2, 0.25) is 0 Å². The van der Waals surface area contributed by atoms with E-state index in [-0.39, 0.29) is 24.8 Å². The van der Waals surface area contributed by atoms with Crippen LogP contribution in [0.5, 0.6) is 0 Å². The van der Waals surface area contributed by atoms with Crippen LogP contribution in [0, 0.1) is 5.92 Å². The molecule has 0 fully saturated rings. The first-order valence-corrected chi connectivity index (χ1v) is 12.6. The molecular formula is C22H22Cl2Zr. The SMILES string of the molecule is [CH2]=[Zr+2]([C]1=C(C)C(C)=CC1C)[c]1cccc2c1Cc1ccccc1-2.[Cl-].[Cl-]. The monoisotopic (exact) mass is 446 g/mol. The molecule has 0 saturated carbocycles. The Balaban J connectivity index is 0.00000113. The molecule has 0 aliphatic heterocycles. The predicted molar refractivity (Wildman–Crippen MR) is 97.1 cm³/mol. The maximum Gasteiger partial charge on any atom is -1.00 e. The van der Waals surface area contributed by atoms with Crippen molar-refractivity contribution in [2.24, 2.45) is 5.92 Å². The van der Waals surface area contributed by atoms with Gasteiger partial charge in [-0.3, -0.25) is 0 Å². The van der Waals surface area contributed by atoms with Crippen molar-refractivity contribution in [2.75, 3.05) is 0 Å². The van der Waals surface area contributed by atoms with Crippen LogP contribution in [0.1, 0.15) is 31.9 Å². The zero-order chi connectivity index (χ0) is 16.1. The second-order valence-corrected chi connectivity index (χ2v) is 11.8. The molecule has 0 amide bonds. The molecule has 2 aromatic carbocycles. The summed E-state index contributed by atoms with van der Waals surface area (Å²) in [5.74, 6) is 0.585. The summed E-state index contributed by atoms with van der Waals surface area (Å²) in [5.41, 5.74) is 8.91. The van der Waals surface area contributed by atoms with Gasteiger partial charge in [0.1, 0.15) is 0 Å². The summed E-state index contributed by atoms with van der Waals surface area (Å²) >= 11 is -2.03. The van der Waals surface area contributed by atoms with Crippen LogP contribution >= 0.6 is 0 Å². The maximum atomic E-state index is 4.77. The van der Waals surface area contributed by atoms with E-state index in [1.807, 2.05) is 0 Å². The van der Waals surface area contributed by atoms with E-state index < -0.39 is 21.3 Å². The number of allylic oxidation sites excluding steroid dienone is 4. The summed E-state index contributed by atoms with van der Waals surface area (Å²) in [5, 5.41) is 0. The molecule has 0 N–H and O–H groups in total. The molecule has 0 spiro atoms. The molecule has 128 valence electrons. The molecule has 0 heterocycles. The topological polar surface area (TPSA) is 0 Å². The molecule has 2 aromatic rings. The van der Waals surface area contributed by atoms with Gasteiger partial charge in [0.05, 0.1) is 0 Å². The second-order valence-electron chi connectivity index (χ2n) is 6.82. The van der Waals surface area contributed by atoms with Gasteiger partial charge in [-0.25, -0.2) is 0 Å². The molecule has 0 aromatic heterocycles. The summed E-state index contributed by atoms with van der Waals surface area (Å²) < 4.78 is 8.06. The minimum atomic E-state index is -2.03. The molecule has 4 rings (SSSR count). The van der Waals surface area contributed by atoms with Crippen molar-refractivity contribution in [2.45, 2.75) is 27.2 Å². The number of hydrogen-bond donors (Lipinski definition) is 0. The van der Waals surface area contributed by atoms with Gasteiger partial charge in [-0.2, -0.15) is 0 Å². The minimum Gasteiger partial charge on any atom is -1.00 e. The first kappa shape index (κ1) is 20.6. The van der Waals surface area contributed by atoms with Crippen molar-refractivity contribution in [1.29, 1.82) is 0 Å². The number of rotatable bonds is 2. The van der Waals surface area contributed by atoms with Crippen LogP contribution in [-0.4, -0.2) is 4.21 Å². The molecule has 0 nitrogen and oxygen atoms in total. The summed E-state index contributed by atoms with van der Waals surface area (Å²) in [4.78, 5) is 0. The molecule has 0 saturated heterocycles. The Morgan fingerprint density at radius 2 is 1.64 bits per heavy atom. The first-order chi connectivity index (χ1) is 11.1. The summed E-state index contributed by atoms with van der Waals surface area (Å²) in [6.07, 6.45) is 3.52. The van der Waals surface area contributed by atoms with Gasteiger partial charge in [0.2, 0.25) is 0 Å². The molecule has 0 radical (unpaired) electrons. The van der Waals surface area contributed by atoms with Crippen molar-refractivity contribution in [1.82, 2.24) is 0 Å². The number of benzene rings is 2. The maximum absolute atomic E-state index is 4.77. The van der Waals surface area contributed by atoms with Crippen molar-refractivity contribution in [3.8, 4) is 11.1 Å². The normalized spacial score (nSPS) is 16.9. The van der Waals surface area contributed by atoms with E-state index in [0.717, 1.165) is 6.42 Å². The van der Waals surface area contributed by atoms with Crippen molar-refractivity contribution < 1.29 is 46.1 Å². The third-order valence-electron chi connectivity index (χ3n) is 5.45. The van der Waals surface area contributed by atoms with E-state index in [2.05, 4.69) is 69.3 Å². The van der Waals surface area contributed by atoms with Gasteiger partial charge in [0, 0.05) is 0 Å². The average molecular weight is 449 g/mol. The fourth-order valence-electron chi connectivity index (χ4n) is 4.22. The van der Waals surface area contributed by atoms with Gasteiger partial charge in [-0.15, -0.1) is 0 Å². The largest absolute Gasteiger partial charge is 1.00 e. The molecule has 1 atom stereocenters. The van der Waals surface area contributed by atoms with E-state index in [9.17, 15) is 0 Å². The van der Waals surface area contributed by atoms with Crippen LogP contribution in [0.3, 0.4) is 0 Å². The van der Waals surface area contributed by atoms with Crippen LogP contribution < -0.4 is 28.1 Å². The molecule has 2 aliphatic rings. The van der Waals surface area contributed by atoms with Crippen molar-refractivity contribution >= 4 is 7.48 Å². The fraction of sp³-hybridized carbons (Fsp3) is 0.227. The van der Waals surface area contributed by atoms with Gasteiger partial charge in [-0.1, -0.05) is 0 Å². The third-order valence-corrected chi connectivity index (χ3v) is 11.8. The molecule has 25 heavy (non-hydrogen) atoms. The Kier molecular flexibility index (Phi) is 6.47. The second kappa shape index (κ2) is 7.87. The Morgan fingerprint density at radius 3 is 2.32 bits per heavy atom. The van der Waals surface area contributed by atoms with E-state index >= 15 is 0 Å². The van der Waals surface area contributed by atoms with Crippen LogP contribution in [0.4, 0.5) is 0 Å². The smallest absolute Gasteiger partial charge is 1.00 e. The zero-order valence-electron chi connectivity index (χ0n) is 14.9. The first-order valence-electron chi connectivity index (χ1n) is 8.37. The standard InChI is InChI=1S/C13H9.C8H11.CH2.2ClH.Zr/c1-3-7-12-10(5-1)9-11-6-2-4-8-13(11)12;1-6-4-7(2)8(3)5-6;;;;/h1-5,7-8H,9H2;4,6H,1-3H3;1H2;2*1H;/q;;;;;+2/p-2. The van der Waals surface area contributed by atoms with Crippen LogP contribution in [0.25, 0.3) is 11.1 Å². The molecule has 0 bridgehead atoms. The van der Waals surface area contributed by atoms with Crippen molar-refractivity contribution in [3.63, 3.8) is 0 Å². The Hall–Kier alpha value is -0.747. The van der Waals surface area contributed by atoms with E-state index in [4.69, 9.17) is 4.21 Å². The number of halogens is 2. The third kappa shape index (κ3) is 3.32. The average Bonchev–Trinajstić information content (AvgIpc) is 3.04. The van der Waals surface area contributed by atoms with Crippen molar-refractivity contribution in [3.05, 3.63) is 74.1 Å². The number of fused-ring (bicyclic) bond motifs is 3. The van der Waals surface area contributed by atoms with E-state index in [0.29, 0.717) is 5.92 Å². The van der Waals surface area contributed by atoms with Gasteiger partial charge < -0.3 is 24.8 Å². The van der Waals surface area contributed by atoms with Gasteiger partial charge in [0.25, 0.3) is 0 Å². The zero-order valence-corrected chi connectivity index (χ0v) is 18.8. The summed E-state index contributed by atoms with van der Waals surface area (Å²) in [7, 11) is 0. The minimum absolute atomic E-state index is 0. The van der Waals surface area contributed by atoms with E-state index in [1.54, 1.807) is 12.1 Å².